The second-order valence-electron chi connectivity index (χ2n) is 3.74. The smallest absolute Gasteiger partial charge is 0.191 e. The largest absolute Gasteiger partial charge is 0.374 e. The van der Waals surface area contributed by atoms with Gasteiger partial charge in [-0.3, -0.25) is 4.99 Å². The molecular formula is C9H17N3O. The molecule has 2 rings (SSSR count). The van der Waals surface area contributed by atoms with Crippen LogP contribution in [0.3, 0.4) is 0 Å². The van der Waals surface area contributed by atoms with Gasteiger partial charge in [-0.1, -0.05) is 6.92 Å². The molecule has 0 radical (unpaired) electrons. The molecule has 2 atom stereocenters. The van der Waals surface area contributed by atoms with E-state index in [-0.39, 0.29) is 0 Å². The van der Waals surface area contributed by atoms with Gasteiger partial charge >= 0.3 is 0 Å². The Kier molecular flexibility index (Phi) is 2.40. The molecule has 4 heteroatoms. The monoisotopic (exact) mass is 183 g/mol. The Labute approximate surface area is 78.8 Å². The lowest BCUT2D eigenvalue weighted by Crippen LogP contribution is -2.45. The number of nitrogens with zero attached hydrogens (tertiary/aromatic N) is 2. The van der Waals surface area contributed by atoms with Gasteiger partial charge in [0.2, 0.25) is 0 Å². The lowest BCUT2D eigenvalue weighted by Gasteiger charge is -2.27. The van der Waals surface area contributed by atoms with Crippen molar-refractivity contribution in [3.63, 3.8) is 0 Å². The highest BCUT2D eigenvalue weighted by atomic mass is 16.5. The van der Waals surface area contributed by atoms with Crippen molar-refractivity contribution in [3.05, 3.63) is 0 Å². The van der Waals surface area contributed by atoms with E-state index in [1.165, 1.54) is 0 Å². The molecule has 0 aromatic heterocycles. The van der Waals surface area contributed by atoms with Crippen molar-refractivity contribution < 1.29 is 4.74 Å². The predicted molar refractivity (Wildman–Crippen MR) is 51.6 cm³/mol. The number of hydrogen-bond acceptors (Lipinski definition) is 2. The fourth-order valence-electron chi connectivity index (χ4n) is 2.00. The summed E-state index contributed by atoms with van der Waals surface area (Å²) in [5, 5.41) is 0. The maximum Gasteiger partial charge on any atom is 0.191 e. The molecule has 0 aliphatic carbocycles. The standard InChI is InChI=1S/C9H17N3O/c1-2-3-11-9(10)12-5-8-4-7(12)6-13-8/h7-8H,2-6H2,1H3,(H2,10,11). The zero-order valence-electron chi connectivity index (χ0n) is 8.07. The molecule has 0 aromatic carbocycles. The number of fused-ring (bicyclic) bond motifs is 2. The third kappa shape index (κ3) is 1.63. The van der Waals surface area contributed by atoms with E-state index in [2.05, 4.69) is 16.8 Å². The number of likely N-dealkylation sites (tertiary alicyclic amines) is 1. The molecule has 2 N–H and O–H groups in total. The molecule has 2 heterocycles. The van der Waals surface area contributed by atoms with Gasteiger partial charge in [0.1, 0.15) is 0 Å². The van der Waals surface area contributed by atoms with Gasteiger partial charge in [-0.25, -0.2) is 0 Å². The summed E-state index contributed by atoms with van der Waals surface area (Å²) in [7, 11) is 0. The first-order valence-electron chi connectivity index (χ1n) is 4.99. The third-order valence-corrected chi connectivity index (χ3v) is 2.69. The van der Waals surface area contributed by atoms with Crippen LogP contribution >= 0.6 is 0 Å². The fourth-order valence-corrected chi connectivity index (χ4v) is 2.00. The summed E-state index contributed by atoms with van der Waals surface area (Å²) in [5.41, 5.74) is 5.87. The van der Waals surface area contributed by atoms with Crippen LogP contribution in [0.1, 0.15) is 19.8 Å². The highest BCUT2D eigenvalue weighted by molar-refractivity contribution is 5.79. The minimum Gasteiger partial charge on any atom is -0.374 e. The molecule has 2 fully saturated rings. The van der Waals surface area contributed by atoms with Crippen molar-refractivity contribution in [1.29, 1.82) is 0 Å². The number of hydrogen-bond donors (Lipinski definition) is 1. The van der Waals surface area contributed by atoms with Crippen molar-refractivity contribution in [2.45, 2.75) is 31.9 Å². The van der Waals surface area contributed by atoms with E-state index in [1.54, 1.807) is 0 Å². The zero-order chi connectivity index (χ0) is 9.26. The average Bonchev–Trinajstić information content (AvgIpc) is 2.74. The van der Waals surface area contributed by atoms with E-state index < -0.39 is 0 Å². The Balaban J connectivity index is 1.94. The summed E-state index contributed by atoms with van der Waals surface area (Å²) < 4.78 is 5.48. The summed E-state index contributed by atoms with van der Waals surface area (Å²) >= 11 is 0. The zero-order valence-corrected chi connectivity index (χ0v) is 8.07. The minimum absolute atomic E-state index is 0.403. The van der Waals surface area contributed by atoms with Crippen molar-refractivity contribution in [2.24, 2.45) is 10.7 Å². The first kappa shape index (κ1) is 8.81. The average molecular weight is 183 g/mol. The molecule has 4 nitrogen and oxygen atoms in total. The van der Waals surface area contributed by atoms with Gasteiger partial charge in [-0.15, -0.1) is 0 Å². The van der Waals surface area contributed by atoms with E-state index >= 15 is 0 Å². The third-order valence-electron chi connectivity index (χ3n) is 2.69. The van der Waals surface area contributed by atoms with Gasteiger partial charge in [0.05, 0.1) is 18.8 Å². The SMILES string of the molecule is CCCN=C(N)N1CC2CC1CO2. The van der Waals surface area contributed by atoms with Crippen LogP contribution < -0.4 is 5.73 Å². The van der Waals surface area contributed by atoms with Crippen molar-refractivity contribution in [3.8, 4) is 0 Å². The molecule has 13 heavy (non-hydrogen) atoms. The van der Waals surface area contributed by atoms with Crippen LogP contribution in [-0.2, 0) is 4.74 Å². The highest BCUT2D eigenvalue weighted by Crippen LogP contribution is 2.27. The summed E-state index contributed by atoms with van der Waals surface area (Å²) in [6.45, 7) is 4.70. The summed E-state index contributed by atoms with van der Waals surface area (Å²) in [4.78, 5) is 6.49. The molecule has 74 valence electrons. The molecule has 2 bridgehead atoms. The van der Waals surface area contributed by atoms with E-state index in [1.807, 2.05) is 0 Å². The second kappa shape index (κ2) is 3.54. The fraction of sp³-hybridized carbons (Fsp3) is 0.889. The number of aliphatic imine (C=N–C) groups is 1. The van der Waals surface area contributed by atoms with Crippen LogP contribution in [0.25, 0.3) is 0 Å². The van der Waals surface area contributed by atoms with Gasteiger partial charge < -0.3 is 15.4 Å². The Morgan fingerprint density at radius 2 is 2.54 bits per heavy atom. The van der Waals surface area contributed by atoms with Crippen LogP contribution in [0.15, 0.2) is 4.99 Å². The highest BCUT2D eigenvalue weighted by Gasteiger charge is 2.39. The molecule has 2 saturated heterocycles. The topological polar surface area (TPSA) is 50.8 Å². The van der Waals surface area contributed by atoms with E-state index in [4.69, 9.17) is 10.5 Å². The van der Waals surface area contributed by atoms with Gasteiger partial charge in [0, 0.05) is 13.1 Å². The molecule has 0 amide bonds. The Hall–Kier alpha value is -0.770. The van der Waals surface area contributed by atoms with Gasteiger partial charge in [-0.2, -0.15) is 0 Å². The van der Waals surface area contributed by atoms with Crippen molar-refractivity contribution >= 4 is 5.96 Å². The van der Waals surface area contributed by atoms with E-state index in [0.717, 1.165) is 32.5 Å². The molecule has 2 unspecified atom stereocenters. The van der Waals surface area contributed by atoms with Gasteiger partial charge in [-0.05, 0) is 12.8 Å². The molecule has 0 aromatic rings. The van der Waals surface area contributed by atoms with Crippen LogP contribution in [-0.4, -0.2) is 42.7 Å². The number of nitrogens with two attached hydrogens (primary N) is 1. The quantitative estimate of drug-likeness (QED) is 0.491. The normalized spacial score (nSPS) is 33.0. The Bertz CT molecular complexity index is 217. The summed E-state index contributed by atoms with van der Waals surface area (Å²) in [6, 6.07) is 0.491. The van der Waals surface area contributed by atoms with Crippen LogP contribution in [0, 0.1) is 0 Å². The van der Waals surface area contributed by atoms with Gasteiger partial charge in [0.25, 0.3) is 0 Å². The molecule has 0 saturated carbocycles. The van der Waals surface area contributed by atoms with Crippen LogP contribution in [0.4, 0.5) is 0 Å². The van der Waals surface area contributed by atoms with Crippen molar-refractivity contribution in [1.82, 2.24) is 4.90 Å². The molecule has 2 aliphatic rings. The number of morpholine rings is 1. The Morgan fingerprint density at radius 3 is 3.08 bits per heavy atom. The Morgan fingerprint density at radius 1 is 1.69 bits per heavy atom. The first-order valence-corrected chi connectivity index (χ1v) is 4.99. The maximum absolute atomic E-state index is 5.87. The van der Waals surface area contributed by atoms with Crippen molar-refractivity contribution in [2.75, 3.05) is 19.7 Å². The second-order valence-corrected chi connectivity index (χ2v) is 3.74. The minimum atomic E-state index is 0.403. The van der Waals surface area contributed by atoms with E-state index in [9.17, 15) is 0 Å². The number of rotatable bonds is 2. The molecular weight excluding hydrogens is 166 g/mol. The lowest BCUT2D eigenvalue weighted by atomic mass is 10.2. The first-order chi connectivity index (χ1) is 6.31. The number of guanidine groups is 1. The summed E-state index contributed by atoms with van der Waals surface area (Å²) in [6.07, 6.45) is 2.59. The molecule has 0 spiro atoms. The lowest BCUT2D eigenvalue weighted by molar-refractivity contribution is 0.0561. The van der Waals surface area contributed by atoms with E-state index in [0.29, 0.717) is 18.1 Å². The van der Waals surface area contributed by atoms with Gasteiger partial charge in [0.15, 0.2) is 5.96 Å². The van der Waals surface area contributed by atoms with Crippen LogP contribution in [0.5, 0.6) is 0 Å². The van der Waals surface area contributed by atoms with Crippen LogP contribution in [0.2, 0.25) is 0 Å². The predicted octanol–water partition coefficient (Wildman–Crippen LogP) is 0.184. The summed E-state index contributed by atoms with van der Waals surface area (Å²) in [5.74, 6) is 0.706. The number of ether oxygens (including phenoxy) is 1. The molecule has 2 aliphatic heterocycles. The maximum atomic E-state index is 5.87.